The smallest absolute Gasteiger partial charge is 0.320 e. The van der Waals surface area contributed by atoms with Crippen LogP contribution in [-0.4, -0.2) is 38.6 Å². The van der Waals surface area contributed by atoms with E-state index in [1.807, 2.05) is 6.92 Å². The molecule has 0 aliphatic carbocycles. The number of carboxylic acid groups (broad SMARTS) is 1. The average Bonchev–Trinajstić information content (AvgIpc) is 2.58. The summed E-state index contributed by atoms with van der Waals surface area (Å²) in [7, 11) is -3.60. The second-order valence-corrected chi connectivity index (χ2v) is 8.44. The van der Waals surface area contributed by atoms with Gasteiger partial charge >= 0.3 is 11.9 Å². The molecule has 0 saturated carbocycles. The van der Waals surface area contributed by atoms with Crippen molar-refractivity contribution in [3.8, 4) is 0 Å². The number of unbranched alkanes of at least 4 members (excludes halogenated alkanes) is 2. The van der Waals surface area contributed by atoms with Crippen molar-refractivity contribution in [2.75, 3.05) is 13.2 Å². The first-order valence-corrected chi connectivity index (χ1v) is 10.7. The molecule has 0 bridgehead atoms. The normalized spacial score (nSPS) is 12.5. The monoisotopic (exact) mass is 449 g/mol. The summed E-state index contributed by atoms with van der Waals surface area (Å²) in [6.45, 7) is 2.32. The minimum absolute atomic E-state index is 0.111. The van der Waals surface area contributed by atoms with Gasteiger partial charge in [-0.25, -0.2) is 13.1 Å². The fraction of sp³-hybridized carbons (Fsp3) is 0.529. The zero-order chi connectivity index (χ0) is 19.6. The highest BCUT2D eigenvalue weighted by atomic mass is 79.9. The SMILES string of the molecule is CCCCOC(=O)C(CCCCNS(=O)(=O)c1ccc(Br)cc1)C(=O)O. The van der Waals surface area contributed by atoms with Crippen LogP contribution in [-0.2, 0) is 24.3 Å². The Morgan fingerprint density at radius 1 is 1.19 bits per heavy atom. The molecule has 146 valence electrons. The van der Waals surface area contributed by atoms with Crippen molar-refractivity contribution >= 4 is 37.9 Å². The van der Waals surface area contributed by atoms with E-state index in [1.54, 1.807) is 12.1 Å². The number of carbonyl (C=O) groups is 2. The highest BCUT2D eigenvalue weighted by molar-refractivity contribution is 9.10. The molecule has 1 atom stereocenters. The lowest BCUT2D eigenvalue weighted by Gasteiger charge is -2.12. The largest absolute Gasteiger partial charge is 0.481 e. The van der Waals surface area contributed by atoms with Gasteiger partial charge in [-0.2, -0.15) is 0 Å². The van der Waals surface area contributed by atoms with Crippen molar-refractivity contribution < 1.29 is 27.9 Å². The summed E-state index contributed by atoms with van der Waals surface area (Å²) in [5.41, 5.74) is 0. The molecule has 0 aliphatic heterocycles. The number of rotatable bonds is 12. The highest BCUT2D eigenvalue weighted by Crippen LogP contribution is 2.15. The van der Waals surface area contributed by atoms with Crippen LogP contribution in [0.4, 0.5) is 0 Å². The maximum atomic E-state index is 12.1. The Bertz CT molecular complexity index is 690. The summed E-state index contributed by atoms with van der Waals surface area (Å²) >= 11 is 3.24. The lowest BCUT2D eigenvalue weighted by molar-refractivity contribution is -0.159. The van der Waals surface area contributed by atoms with Crippen molar-refractivity contribution in [2.24, 2.45) is 5.92 Å². The Labute approximate surface area is 162 Å². The second kappa shape index (κ2) is 11.3. The molecule has 0 aromatic heterocycles. The molecule has 1 rings (SSSR count). The lowest BCUT2D eigenvalue weighted by atomic mass is 10.0. The van der Waals surface area contributed by atoms with E-state index in [2.05, 4.69) is 20.7 Å². The van der Waals surface area contributed by atoms with Crippen molar-refractivity contribution in [3.63, 3.8) is 0 Å². The molecular formula is C17H24BrNO6S. The van der Waals surface area contributed by atoms with Crippen molar-refractivity contribution in [1.82, 2.24) is 4.72 Å². The fourth-order valence-corrected chi connectivity index (χ4v) is 3.48. The van der Waals surface area contributed by atoms with E-state index in [-0.39, 0.29) is 24.5 Å². The van der Waals surface area contributed by atoms with Gasteiger partial charge in [0.2, 0.25) is 10.0 Å². The first-order chi connectivity index (χ1) is 12.3. The van der Waals surface area contributed by atoms with Crippen LogP contribution >= 0.6 is 15.9 Å². The minimum Gasteiger partial charge on any atom is -0.481 e. The number of carbonyl (C=O) groups excluding carboxylic acids is 1. The molecule has 2 N–H and O–H groups in total. The van der Waals surface area contributed by atoms with Crippen LogP contribution < -0.4 is 4.72 Å². The van der Waals surface area contributed by atoms with Crippen LogP contribution in [0.2, 0.25) is 0 Å². The van der Waals surface area contributed by atoms with Gasteiger partial charge in [0.05, 0.1) is 11.5 Å². The van der Waals surface area contributed by atoms with E-state index < -0.39 is 27.9 Å². The third-order valence-corrected chi connectivity index (χ3v) is 5.67. The topological polar surface area (TPSA) is 110 Å². The molecule has 0 heterocycles. The summed E-state index contributed by atoms with van der Waals surface area (Å²) in [5, 5.41) is 9.14. The van der Waals surface area contributed by atoms with Crippen LogP contribution in [0.25, 0.3) is 0 Å². The Balaban J connectivity index is 2.40. The zero-order valence-electron chi connectivity index (χ0n) is 14.6. The minimum atomic E-state index is -3.60. The zero-order valence-corrected chi connectivity index (χ0v) is 17.0. The average molecular weight is 450 g/mol. The Morgan fingerprint density at radius 3 is 2.42 bits per heavy atom. The summed E-state index contributed by atoms with van der Waals surface area (Å²) in [6.07, 6.45) is 2.46. The number of hydrogen-bond acceptors (Lipinski definition) is 5. The summed E-state index contributed by atoms with van der Waals surface area (Å²) in [4.78, 5) is 23.1. The maximum Gasteiger partial charge on any atom is 0.320 e. The maximum absolute atomic E-state index is 12.1. The molecule has 26 heavy (non-hydrogen) atoms. The number of aliphatic carboxylic acids is 1. The molecular weight excluding hydrogens is 426 g/mol. The van der Waals surface area contributed by atoms with Gasteiger partial charge in [0.15, 0.2) is 5.92 Å². The number of hydrogen-bond donors (Lipinski definition) is 2. The third kappa shape index (κ3) is 7.84. The molecule has 1 aromatic rings. The third-order valence-electron chi connectivity index (χ3n) is 3.66. The van der Waals surface area contributed by atoms with Gasteiger partial charge in [-0.15, -0.1) is 0 Å². The second-order valence-electron chi connectivity index (χ2n) is 5.76. The van der Waals surface area contributed by atoms with Crippen molar-refractivity contribution in [3.05, 3.63) is 28.7 Å². The van der Waals surface area contributed by atoms with Gasteiger partial charge in [0.25, 0.3) is 0 Å². The molecule has 0 amide bonds. The van der Waals surface area contributed by atoms with Gasteiger partial charge < -0.3 is 9.84 Å². The predicted molar refractivity (Wildman–Crippen MR) is 100 cm³/mol. The summed E-state index contributed by atoms with van der Waals surface area (Å²) in [5.74, 6) is -3.17. The van der Waals surface area contributed by atoms with Crippen molar-refractivity contribution in [2.45, 2.75) is 43.9 Å². The van der Waals surface area contributed by atoms with E-state index in [0.717, 1.165) is 10.9 Å². The van der Waals surface area contributed by atoms with Gasteiger partial charge in [-0.05, 0) is 43.5 Å². The Kier molecular flexibility index (Phi) is 9.82. The van der Waals surface area contributed by atoms with Gasteiger partial charge in [-0.3, -0.25) is 9.59 Å². The molecule has 0 radical (unpaired) electrons. The van der Waals surface area contributed by atoms with Crippen LogP contribution in [0.1, 0.15) is 39.0 Å². The van der Waals surface area contributed by atoms with E-state index in [9.17, 15) is 18.0 Å². The van der Waals surface area contributed by atoms with Crippen LogP contribution in [0.3, 0.4) is 0 Å². The number of carboxylic acids is 1. The molecule has 7 nitrogen and oxygen atoms in total. The molecule has 1 aromatic carbocycles. The molecule has 9 heteroatoms. The van der Waals surface area contributed by atoms with Crippen LogP contribution in [0.15, 0.2) is 33.6 Å². The first kappa shape index (κ1) is 22.6. The molecule has 0 saturated heterocycles. The number of esters is 1. The number of sulfonamides is 1. The number of halogens is 1. The summed E-state index contributed by atoms with van der Waals surface area (Å²) < 4.78 is 32.4. The van der Waals surface area contributed by atoms with Crippen LogP contribution in [0, 0.1) is 5.92 Å². The molecule has 0 aliphatic rings. The fourth-order valence-electron chi connectivity index (χ4n) is 2.14. The van der Waals surface area contributed by atoms with Gasteiger partial charge in [-0.1, -0.05) is 35.7 Å². The quantitative estimate of drug-likeness (QED) is 0.288. The molecule has 1 unspecified atom stereocenters. The predicted octanol–water partition coefficient (Wildman–Crippen LogP) is 2.94. The van der Waals surface area contributed by atoms with Gasteiger partial charge in [0.1, 0.15) is 0 Å². The van der Waals surface area contributed by atoms with E-state index in [4.69, 9.17) is 9.84 Å². The van der Waals surface area contributed by atoms with Crippen LogP contribution in [0.5, 0.6) is 0 Å². The number of ether oxygens (including phenoxy) is 1. The Morgan fingerprint density at radius 2 is 1.85 bits per heavy atom. The first-order valence-electron chi connectivity index (χ1n) is 8.42. The molecule has 0 spiro atoms. The van der Waals surface area contributed by atoms with Crippen molar-refractivity contribution in [1.29, 1.82) is 0 Å². The molecule has 0 fully saturated rings. The van der Waals surface area contributed by atoms with E-state index in [0.29, 0.717) is 19.3 Å². The highest BCUT2D eigenvalue weighted by Gasteiger charge is 2.27. The standard InChI is InChI=1S/C17H24BrNO6S/c1-2-3-12-25-17(22)15(16(20)21)6-4-5-11-19-26(23,24)14-9-7-13(18)8-10-14/h7-10,15,19H,2-6,11-12H2,1H3,(H,20,21). The van der Waals surface area contributed by atoms with E-state index in [1.165, 1.54) is 12.1 Å². The lowest BCUT2D eigenvalue weighted by Crippen LogP contribution is -2.27. The van der Waals surface area contributed by atoms with Gasteiger partial charge in [0, 0.05) is 11.0 Å². The van der Waals surface area contributed by atoms with E-state index >= 15 is 0 Å². The Hall–Kier alpha value is -1.45. The number of benzene rings is 1. The summed E-state index contributed by atoms with van der Waals surface area (Å²) in [6, 6.07) is 6.24. The number of nitrogens with one attached hydrogen (secondary N) is 1.